The molecule has 1 saturated carbocycles. The Morgan fingerprint density at radius 1 is 1.26 bits per heavy atom. The van der Waals surface area contributed by atoms with Crippen LogP contribution in [0.1, 0.15) is 19.4 Å². The molecule has 0 spiro atoms. The Labute approximate surface area is 116 Å². The third-order valence-corrected chi connectivity index (χ3v) is 4.72. The predicted molar refractivity (Wildman–Crippen MR) is 72.6 cm³/mol. The lowest BCUT2D eigenvalue weighted by Gasteiger charge is -2.27. The van der Waals surface area contributed by atoms with Gasteiger partial charge in [0.15, 0.2) is 0 Å². The molecule has 2 atom stereocenters. The summed E-state index contributed by atoms with van der Waals surface area (Å²) in [5.74, 6) is -0.632. The molecule has 5 heteroatoms. The lowest BCUT2D eigenvalue weighted by Crippen LogP contribution is -2.52. The van der Waals surface area contributed by atoms with E-state index in [1.807, 2.05) is 32.9 Å². The Kier molecular flexibility index (Phi) is 2.45. The first-order valence-corrected chi connectivity index (χ1v) is 6.63. The number of carbonyl (C=O) groups is 2. The second-order valence-electron chi connectivity index (χ2n) is 5.83. The van der Waals surface area contributed by atoms with E-state index in [2.05, 4.69) is 5.43 Å². The van der Waals surface area contributed by atoms with E-state index in [4.69, 9.17) is 11.6 Å². The van der Waals surface area contributed by atoms with Gasteiger partial charge in [-0.2, -0.15) is 0 Å². The fourth-order valence-electron chi connectivity index (χ4n) is 2.95. The molecule has 2 aliphatic rings. The third-order valence-electron chi connectivity index (χ3n) is 4.23. The standard InChI is InChI=1S/C14H15ClN2O2/c1-7-5-4-6-8(11(7)15)17-13(19)10-9(12(18)16-17)14(10,2)3/h4-6,9-10H,1-3H3,(H,16,18). The summed E-state index contributed by atoms with van der Waals surface area (Å²) in [5.41, 5.74) is 3.82. The van der Waals surface area contributed by atoms with Crippen LogP contribution in [-0.2, 0) is 9.59 Å². The number of hydrogen-bond acceptors (Lipinski definition) is 2. The SMILES string of the molecule is Cc1cccc(N2NC(=O)C3C(C2=O)C3(C)C)c1Cl. The minimum atomic E-state index is -0.258. The minimum Gasteiger partial charge on any atom is -0.273 e. The summed E-state index contributed by atoms with van der Waals surface area (Å²) in [5, 5.41) is 1.79. The van der Waals surface area contributed by atoms with Gasteiger partial charge in [-0.1, -0.05) is 37.6 Å². The van der Waals surface area contributed by atoms with Gasteiger partial charge in [-0.05, 0) is 24.0 Å². The fraction of sp³-hybridized carbons (Fsp3) is 0.429. The molecule has 1 aromatic carbocycles. The molecule has 1 aliphatic heterocycles. The highest BCUT2D eigenvalue weighted by Gasteiger charge is 2.69. The van der Waals surface area contributed by atoms with Gasteiger partial charge in [0, 0.05) is 0 Å². The maximum Gasteiger partial charge on any atom is 0.250 e. The zero-order valence-corrected chi connectivity index (χ0v) is 11.8. The Bertz CT molecular complexity index is 597. The number of anilines is 1. The highest BCUT2D eigenvalue weighted by atomic mass is 35.5. The van der Waals surface area contributed by atoms with Crippen LogP contribution < -0.4 is 10.4 Å². The molecule has 0 radical (unpaired) electrons. The lowest BCUT2D eigenvalue weighted by molar-refractivity contribution is -0.131. The van der Waals surface area contributed by atoms with Gasteiger partial charge >= 0.3 is 0 Å². The highest BCUT2D eigenvalue weighted by molar-refractivity contribution is 6.34. The largest absolute Gasteiger partial charge is 0.273 e. The number of benzene rings is 1. The Morgan fingerprint density at radius 2 is 1.95 bits per heavy atom. The second-order valence-corrected chi connectivity index (χ2v) is 6.21. The number of hydrogen-bond donors (Lipinski definition) is 1. The maximum atomic E-state index is 12.4. The maximum absolute atomic E-state index is 12.4. The smallest absolute Gasteiger partial charge is 0.250 e. The van der Waals surface area contributed by atoms with E-state index in [1.165, 1.54) is 5.01 Å². The van der Waals surface area contributed by atoms with E-state index < -0.39 is 0 Å². The molecular weight excluding hydrogens is 264 g/mol. The van der Waals surface area contributed by atoms with Crippen LogP contribution in [0.25, 0.3) is 0 Å². The van der Waals surface area contributed by atoms with Crippen LogP contribution in [0.5, 0.6) is 0 Å². The zero-order valence-electron chi connectivity index (χ0n) is 11.0. The predicted octanol–water partition coefficient (Wildman–Crippen LogP) is 2.30. The Hall–Kier alpha value is -1.55. The van der Waals surface area contributed by atoms with Crippen molar-refractivity contribution in [3.05, 3.63) is 28.8 Å². The van der Waals surface area contributed by atoms with E-state index in [0.717, 1.165) is 5.56 Å². The summed E-state index contributed by atoms with van der Waals surface area (Å²) in [4.78, 5) is 24.5. The first kappa shape index (κ1) is 12.5. The van der Waals surface area contributed by atoms with Crippen LogP contribution in [0.2, 0.25) is 5.02 Å². The number of aryl methyl sites for hydroxylation is 1. The molecule has 3 rings (SSSR count). The molecule has 1 aliphatic carbocycles. The number of nitrogens with zero attached hydrogens (tertiary/aromatic N) is 1. The number of nitrogens with one attached hydrogen (secondary N) is 1. The summed E-state index contributed by atoms with van der Waals surface area (Å²) in [6, 6.07) is 5.43. The molecule has 1 saturated heterocycles. The summed E-state index contributed by atoms with van der Waals surface area (Å²) in [7, 11) is 0. The van der Waals surface area contributed by atoms with Crippen LogP contribution in [-0.4, -0.2) is 11.8 Å². The van der Waals surface area contributed by atoms with Crippen LogP contribution in [0.4, 0.5) is 5.69 Å². The Morgan fingerprint density at radius 3 is 2.63 bits per heavy atom. The van der Waals surface area contributed by atoms with Gasteiger partial charge in [-0.15, -0.1) is 0 Å². The van der Waals surface area contributed by atoms with Crippen molar-refractivity contribution in [3.63, 3.8) is 0 Å². The monoisotopic (exact) mass is 278 g/mol. The van der Waals surface area contributed by atoms with Crippen molar-refractivity contribution in [2.24, 2.45) is 17.3 Å². The Balaban J connectivity index is 2.01. The molecular formula is C14H15ClN2O2. The van der Waals surface area contributed by atoms with Crippen molar-refractivity contribution in [2.45, 2.75) is 20.8 Å². The van der Waals surface area contributed by atoms with Gasteiger partial charge in [0.05, 0.1) is 22.5 Å². The molecule has 19 heavy (non-hydrogen) atoms. The van der Waals surface area contributed by atoms with E-state index in [9.17, 15) is 9.59 Å². The van der Waals surface area contributed by atoms with E-state index in [1.54, 1.807) is 6.07 Å². The average molecular weight is 279 g/mol. The number of hydrazine groups is 1. The van der Waals surface area contributed by atoms with Crippen LogP contribution >= 0.6 is 11.6 Å². The quantitative estimate of drug-likeness (QED) is 0.857. The normalized spacial score (nSPS) is 27.9. The van der Waals surface area contributed by atoms with Gasteiger partial charge in [-0.3, -0.25) is 15.0 Å². The summed E-state index contributed by atoms with van der Waals surface area (Å²) in [6.07, 6.45) is 0. The summed E-state index contributed by atoms with van der Waals surface area (Å²) in [6.45, 7) is 5.76. The van der Waals surface area contributed by atoms with Crippen molar-refractivity contribution in [1.82, 2.24) is 5.43 Å². The van der Waals surface area contributed by atoms with E-state index in [-0.39, 0.29) is 29.1 Å². The minimum absolute atomic E-state index is 0.0814. The second kappa shape index (κ2) is 3.73. The van der Waals surface area contributed by atoms with Crippen LogP contribution in [0.15, 0.2) is 18.2 Å². The zero-order chi connectivity index (χ0) is 13.9. The van der Waals surface area contributed by atoms with E-state index in [0.29, 0.717) is 10.7 Å². The molecule has 1 aromatic rings. The fourth-order valence-corrected chi connectivity index (χ4v) is 3.16. The number of fused-ring (bicyclic) bond motifs is 1. The highest BCUT2D eigenvalue weighted by Crippen LogP contribution is 2.60. The van der Waals surface area contributed by atoms with Gasteiger partial charge in [0.1, 0.15) is 0 Å². The first-order valence-electron chi connectivity index (χ1n) is 6.25. The molecule has 2 unspecified atom stereocenters. The van der Waals surface area contributed by atoms with Crippen molar-refractivity contribution in [2.75, 3.05) is 5.01 Å². The molecule has 100 valence electrons. The summed E-state index contributed by atoms with van der Waals surface area (Å²) >= 11 is 6.23. The van der Waals surface area contributed by atoms with Crippen LogP contribution in [0.3, 0.4) is 0 Å². The number of rotatable bonds is 1. The van der Waals surface area contributed by atoms with Crippen LogP contribution in [0, 0.1) is 24.2 Å². The van der Waals surface area contributed by atoms with Crippen molar-refractivity contribution < 1.29 is 9.59 Å². The third kappa shape index (κ3) is 1.59. The van der Waals surface area contributed by atoms with E-state index >= 15 is 0 Å². The number of amides is 2. The van der Waals surface area contributed by atoms with Gasteiger partial charge < -0.3 is 0 Å². The average Bonchev–Trinajstić information content (AvgIpc) is 2.92. The molecule has 1 heterocycles. The van der Waals surface area contributed by atoms with Gasteiger partial charge in [0.25, 0.3) is 0 Å². The van der Waals surface area contributed by atoms with Crippen molar-refractivity contribution >= 4 is 29.1 Å². The van der Waals surface area contributed by atoms with Crippen molar-refractivity contribution in [1.29, 1.82) is 0 Å². The topological polar surface area (TPSA) is 49.4 Å². The number of halogens is 1. The van der Waals surface area contributed by atoms with Gasteiger partial charge in [0.2, 0.25) is 11.8 Å². The molecule has 4 nitrogen and oxygen atoms in total. The number of carbonyl (C=O) groups excluding carboxylic acids is 2. The molecule has 2 amide bonds. The van der Waals surface area contributed by atoms with Gasteiger partial charge in [-0.25, -0.2) is 5.01 Å². The van der Waals surface area contributed by atoms with Crippen molar-refractivity contribution in [3.8, 4) is 0 Å². The lowest BCUT2D eigenvalue weighted by atomic mass is 10.1. The molecule has 1 N–H and O–H groups in total. The summed E-state index contributed by atoms with van der Waals surface area (Å²) < 4.78 is 0. The molecule has 0 aromatic heterocycles. The molecule has 2 fully saturated rings. The first-order chi connectivity index (χ1) is 8.85. The molecule has 0 bridgehead atoms.